The van der Waals surface area contributed by atoms with Crippen LogP contribution in [0.3, 0.4) is 0 Å². The van der Waals surface area contributed by atoms with Crippen LogP contribution in [-0.4, -0.2) is 9.13 Å². The second-order valence-corrected chi connectivity index (χ2v) is 22.5. The Kier molecular flexibility index (Phi) is 15.3. The average molecular weight is 1340 g/mol. The highest BCUT2D eigenvalue weighted by atomic mass is 19.4. The van der Waals surface area contributed by atoms with Crippen LogP contribution in [0.5, 0.6) is 0 Å². The zero-order valence-electron chi connectivity index (χ0n) is 48.5. The van der Waals surface area contributed by atoms with E-state index in [1.165, 1.54) is 79.1 Å². The van der Waals surface area contributed by atoms with Crippen molar-refractivity contribution >= 4 is 49.3 Å². The average Bonchev–Trinajstić information content (AvgIpc) is 1.54. The molecule has 96 heavy (non-hydrogen) atoms. The van der Waals surface area contributed by atoms with Crippen LogP contribution in [0.25, 0.3) is 115 Å². The van der Waals surface area contributed by atoms with Crippen LogP contribution in [0.2, 0.25) is 0 Å². The molecule has 0 unspecified atom stereocenters. The highest BCUT2D eigenvalue weighted by Crippen LogP contribution is 2.51. The van der Waals surface area contributed by atoms with Gasteiger partial charge in [0.25, 0.3) is 0 Å². The summed E-state index contributed by atoms with van der Waals surface area (Å²) < 4.78 is 312. The Bertz CT molecular complexity index is 5050. The highest BCUT2D eigenvalue weighted by Gasteiger charge is 2.42. The molecule has 0 spiro atoms. The predicted molar refractivity (Wildman–Crippen MR) is 318 cm³/mol. The van der Waals surface area contributed by atoms with Crippen LogP contribution < -0.4 is 0 Å². The maximum atomic E-state index is 15.8. The number of nitrogens with zero attached hydrogens (tertiary/aromatic N) is 4. The van der Waals surface area contributed by atoms with Gasteiger partial charge in [0.15, 0.2) is 5.69 Å². The monoisotopic (exact) mass is 1340 g/mol. The zero-order chi connectivity index (χ0) is 69.5. The second-order valence-electron chi connectivity index (χ2n) is 22.5. The molecule has 0 N–H and O–H groups in total. The predicted octanol–water partition coefficient (Wildman–Crippen LogP) is 24.4. The molecule has 0 aliphatic carbocycles. The minimum atomic E-state index is -5.48. The maximum absolute atomic E-state index is 15.8. The van der Waals surface area contributed by atoms with Crippen molar-refractivity contribution < 1.29 is 92.2 Å². The number of nitriles is 1. The van der Waals surface area contributed by atoms with Gasteiger partial charge in [0.05, 0.1) is 84.5 Å². The molecule has 0 aliphatic rings. The molecule has 0 fully saturated rings. The van der Waals surface area contributed by atoms with Gasteiger partial charge in [0.1, 0.15) is 6.07 Å². The van der Waals surface area contributed by atoms with Crippen LogP contribution in [0.15, 0.2) is 176 Å². The van der Waals surface area contributed by atoms with E-state index in [2.05, 4.69) is 4.85 Å². The number of halogens is 21. The summed E-state index contributed by atoms with van der Waals surface area (Å²) in [7, 11) is 0. The number of rotatable bonds is 7. The molecule has 2 aromatic heterocycles. The summed E-state index contributed by atoms with van der Waals surface area (Å²) in [5.41, 5.74) is -17.3. The second kappa shape index (κ2) is 22.5. The summed E-state index contributed by atoms with van der Waals surface area (Å²) >= 11 is 0. The van der Waals surface area contributed by atoms with Gasteiger partial charge >= 0.3 is 43.2 Å². The van der Waals surface area contributed by atoms with Gasteiger partial charge in [0, 0.05) is 27.1 Å². The third kappa shape index (κ3) is 11.6. The van der Waals surface area contributed by atoms with Gasteiger partial charge < -0.3 is 9.13 Å². The van der Waals surface area contributed by atoms with Gasteiger partial charge in [-0.1, -0.05) is 83.9 Å². The Morgan fingerprint density at radius 1 is 0.312 bits per heavy atom. The molecular weight excluding hydrogens is 1310 g/mol. The molecule has 12 rings (SSSR count). The van der Waals surface area contributed by atoms with E-state index in [1.807, 2.05) is 6.07 Å². The molecule has 0 atom stereocenters. The van der Waals surface area contributed by atoms with E-state index in [9.17, 15) is 84.3 Å². The summed E-state index contributed by atoms with van der Waals surface area (Å²) in [4.78, 5) is 3.16. The molecule has 0 radical (unpaired) electrons. The first kappa shape index (κ1) is 65.4. The van der Waals surface area contributed by atoms with Crippen molar-refractivity contribution in [3.8, 4) is 73.1 Å². The Balaban J connectivity index is 1.21. The number of hydrogen-bond donors (Lipinski definition) is 0. The van der Waals surface area contributed by atoms with Gasteiger partial charge in [-0.15, -0.1) is 0 Å². The fourth-order valence-corrected chi connectivity index (χ4v) is 12.3. The molecule has 4 nitrogen and oxygen atoms in total. The van der Waals surface area contributed by atoms with E-state index >= 15 is 13.2 Å². The minimum Gasteiger partial charge on any atom is -0.309 e. The van der Waals surface area contributed by atoms with Crippen molar-refractivity contribution in [2.75, 3.05) is 0 Å². The minimum absolute atomic E-state index is 0.00381. The van der Waals surface area contributed by atoms with E-state index in [0.717, 1.165) is 77.4 Å². The molecule has 25 heteroatoms. The van der Waals surface area contributed by atoms with E-state index in [4.69, 9.17) is 6.57 Å². The van der Waals surface area contributed by atoms with Crippen LogP contribution in [0.1, 0.15) is 55.6 Å². The molecule has 0 bridgehead atoms. The lowest BCUT2D eigenvalue weighted by molar-refractivity contribution is -0.144. The lowest BCUT2D eigenvalue weighted by Crippen LogP contribution is -2.12. The zero-order valence-corrected chi connectivity index (χ0v) is 48.5. The first-order chi connectivity index (χ1) is 44.7. The molecule has 0 amide bonds. The maximum Gasteiger partial charge on any atom is 0.417 e. The Labute approximate surface area is 527 Å². The van der Waals surface area contributed by atoms with E-state index < -0.39 is 132 Å². The number of aryl methyl sites for hydroxylation is 2. The summed E-state index contributed by atoms with van der Waals surface area (Å²) in [6, 6.07) is 28.5. The quantitative estimate of drug-likeness (QED) is 0.116. The number of hydrogen-bond acceptors (Lipinski definition) is 1. The van der Waals surface area contributed by atoms with Crippen LogP contribution in [-0.2, 0) is 43.2 Å². The van der Waals surface area contributed by atoms with Gasteiger partial charge in [-0.25, -0.2) is 4.85 Å². The fraction of sp³-hybridized carbons (Fsp3) is 0.127. The van der Waals surface area contributed by atoms with Gasteiger partial charge in [0.2, 0.25) is 0 Å². The fourth-order valence-electron chi connectivity index (χ4n) is 12.3. The van der Waals surface area contributed by atoms with E-state index in [-0.39, 0.29) is 94.8 Å². The molecule has 0 saturated carbocycles. The van der Waals surface area contributed by atoms with Crippen molar-refractivity contribution in [2.45, 2.75) is 57.1 Å². The van der Waals surface area contributed by atoms with E-state index in [1.54, 1.807) is 0 Å². The molecule has 10 aromatic carbocycles. The summed E-state index contributed by atoms with van der Waals surface area (Å²) in [6.07, 6.45) is -36.8. The van der Waals surface area contributed by atoms with Crippen LogP contribution in [0, 0.1) is 31.8 Å². The summed E-state index contributed by atoms with van der Waals surface area (Å²) in [5.74, 6) is 0. The molecule has 2 heterocycles. The molecule has 0 aliphatic heterocycles. The van der Waals surface area contributed by atoms with Crippen molar-refractivity contribution in [3.05, 3.63) is 243 Å². The SMILES string of the molecule is [C-]#[N+]c1ccc(-c2cc(-n3c4ccc(-c5ccc(C(F)(F)F)cc5C(F)(F)F)cc4c4cc(-c5ccc(C(F)(F)F)cc5C(F)(F)F)ccc43)c(C#N)cc2-n2c3ccc(-c4ccc(C)cc4C(F)(F)F)cc3c3cc(-c4ccc(C)cc4C(F)(F)F)ccc32)c(C(F)(F)F)c1. The van der Waals surface area contributed by atoms with Crippen molar-refractivity contribution in [1.82, 2.24) is 9.13 Å². The van der Waals surface area contributed by atoms with Gasteiger partial charge in [-0.2, -0.15) is 97.5 Å². The number of aromatic nitrogens is 2. The summed E-state index contributed by atoms with van der Waals surface area (Å²) in [5, 5.41) is 10.9. The molecular formula is C71H35F21N4. The Morgan fingerprint density at radius 3 is 0.948 bits per heavy atom. The third-order valence-corrected chi connectivity index (χ3v) is 16.5. The van der Waals surface area contributed by atoms with Crippen molar-refractivity contribution in [3.63, 3.8) is 0 Å². The standard InChI is InChI=1S/C71H35F21N4/c1-34-4-13-44(54(22-34)67(78,79)80)36-8-20-61-51(24-36)52-25-37(45-14-5-35(2)23-55(45)68(81,82)83)9-21-62(52)96(61)64-28-40(33-93)63(32-53(64)48-17-12-43(94-3)31-58(48)71(90,91)92)95-59-18-6-38(46-15-10-41(65(72,73)74)29-56(46)69(84,85)86)26-49(59)50-27-39(7-19-60(50)95)47-16-11-42(66(75,76)77)30-57(47)70(87,88)89/h4-32H,1-2H3. The lowest BCUT2D eigenvalue weighted by Gasteiger charge is -2.21. The first-order valence-electron chi connectivity index (χ1n) is 28.0. The van der Waals surface area contributed by atoms with Crippen molar-refractivity contribution in [2.24, 2.45) is 0 Å². The molecule has 486 valence electrons. The normalized spacial score (nSPS) is 12.9. The lowest BCUT2D eigenvalue weighted by atomic mass is 9.94. The van der Waals surface area contributed by atoms with Gasteiger partial charge in [-0.3, -0.25) is 0 Å². The molecule has 0 saturated heterocycles. The smallest absolute Gasteiger partial charge is 0.309 e. The molecule has 12 aromatic rings. The Hall–Kier alpha value is -10.7. The largest absolute Gasteiger partial charge is 0.417 e. The first-order valence-corrected chi connectivity index (χ1v) is 28.0. The van der Waals surface area contributed by atoms with Crippen LogP contribution in [0.4, 0.5) is 97.9 Å². The highest BCUT2D eigenvalue weighted by molar-refractivity contribution is 6.14. The number of fused-ring (bicyclic) bond motifs is 6. The number of alkyl halides is 21. The number of benzene rings is 10. The topological polar surface area (TPSA) is 38.0 Å². The van der Waals surface area contributed by atoms with E-state index in [0.29, 0.717) is 30.3 Å². The van der Waals surface area contributed by atoms with Crippen molar-refractivity contribution in [1.29, 1.82) is 5.26 Å². The summed E-state index contributed by atoms with van der Waals surface area (Å²) in [6.45, 7) is 10.5. The van der Waals surface area contributed by atoms with Crippen LogP contribution >= 0.6 is 0 Å². The van der Waals surface area contributed by atoms with Gasteiger partial charge in [-0.05, 0) is 167 Å². The third-order valence-electron chi connectivity index (χ3n) is 16.5. The Morgan fingerprint density at radius 2 is 0.625 bits per heavy atom.